The fraction of sp³-hybridized carbons (Fsp3) is 0.310. The van der Waals surface area contributed by atoms with Crippen molar-refractivity contribution in [3.8, 4) is 0 Å². The summed E-state index contributed by atoms with van der Waals surface area (Å²) in [6.45, 7) is 1.14. The first kappa shape index (κ1) is 30.2. The van der Waals surface area contributed by atoms with Crippen LogP contribution in [-0.2, 0) is 26.2 Å². The second kappa shape index (κ2) is 13.3. The van der Waals surface area contributed by atoms with Gasteiger partial charge in [-0.15, -0.1) is 0 Å². The second-order valence-corrected chi connectivity index (χ2v) is 12.9. The Kier molecular flexibility index (Phi) is 10.0. The summed E-state index contributed by atoms with van der Waals surface area (Å²) in [5.41, 5.74) is 0.957. The van der Waals surface area contributed by atoms with Gasteiger partial charge in [-0.2, -0.15) is 0 Å². The predicted molar refractivity (Wildman–Crippen MR) is 159 cm³/mol. The summed E-state index contributed by atoms with van der Waals surface area (Å²) in [7, 11) is -4.16. The van der Waals surface area contributed by atoms with Gasteiger partial charge in [0.2, 0.25) is 11.8 Å². The number of benzene rings is 3. The highest BCUT2D eigenvalue weighted by molar-refractivity contribution is 7.92. The lowest BCUT2D eigenvalue weighted by atomic mass is 10.1. The first-order valence-electron chi connectivity index (χ1n) is 12.9. The van der Waals surface area contributed by atoms with E-state index >= 15 is 0 Å². The number of hydrogen-bond donors (Lipinski definition) is 1. The molecule has 1 atom stereocenters. The summed E-state index contributed by atoms with van der Waals surface area (Å²) in [4.78, 5) is 28.6. The number of nitrogens with one attached hydrogen (secondary N) is 1. The molecule has 11 heteroatoms. The highest BCUT2D eigenvalue weighted by Gasteiger charge is 2.33. The Labute approximate surface area is 250 Å². The Bertz CT molecular complexity index is 1450. The van der Waals surface area contributed by atoms with E-state index in [2.05, 4.69) is 5.32 Å². The molecule has 1 saturated carbocycles. The van der Waals surface area contributed by atoms with E-state index in [0.29, 0.717) is 26.3 Å². The van der Waals surface area contributed by atoms with Crippen molar-refractivity contribution in [1.82, 2.24) is 10.2 Å². The molecule has 0 bridgehead atoms. The average Bonchev–Trinajstić information content (AvgIpc) is 3.45. The van der Waals surface area contributed by atoms with Crippen LogP contribution >= 0.6 is 34.8 Å². The molecule has 3 aromatic carbocycles. The molecule has 4 rings (SSSR count). The number of carbonyl (C=O) groups is 2. The third-order valence-corrected chi connectivity index (χ3v) is 9.71. The average molecular weight is 623 g/mol. The fourth-order valence-corrected chi connectivity index (χ4v) is 6.53. The minimum atomic E-state index is -4.16. The number of halogens is 3. The lowest BCUT2D eigenvalue weighted by Gasteiger charge is -2.32. The summed E-state index contributed by atoms with van der Waals surface area (Å²) in [5.74, 6) is -0.853. The molecule has 1 aliphatic rings. The van der Waals surface area contributed by atoms with Gasteiger partial charge in [0.25, 0.3) is 10.0 Å². The van der Waals surface area contributed by atoms with Crippen LogP contribution in [0.3, 0.4) is 0 Å². The second-order valence-electron chi connectivity index (χ2n) is 9.74. The lowest BCUT2D eigenvalue weighted by Crippen LogP contribution is -2.52. The van der Waals surface area contributed by atoms with Gasteiger partial charge >= 0.3 is 0 Å². The molecule has 0 heterocycles. The Morgan fingerprint density at radius 2 is 1.57 bits per heavy atom. The Morgan fingerprint density at radius 3 is 2.20 bits per heavy atom. The number of para-hydroxylation sites is 1. The molecule has 1 N–H and O–H groups in total. The standard InChI is InChI=1S/C29H30Cl3N3O4S/c1-20(29(37)33-23-7-5-6-8-23)34(18-21-11-16-26(31)27(32)17-21)28(36)19-35(24-9-3-2-4-10-24)40(38,39)25-14-12-22(30)13-15-25/h2-4,9-17,20,23H,5-8,18-19H2,1H3,(H,33,37). The van der Waals surface area contributed by atoms with Gasteiger partial charge < -0.3 is 10.2 Å². The summed E-state index contributed by atoms with van der Waals surface area (Å²) in [6.07, 6.45) is 3.86. The maximum absolute atomic E-state index is 14.0. The van der Waals surface area contributed by atoms with E-state index in [1.54, 1.807) is 55.5 Å². The van der Waals surface area contributed by atoms with Crippen molar-refractivity contribution in [2.75, 3.05) is 10.8 Å². The fourth-order valence-electron chi connectivity index (χ4n) is 4.67. The van der Waals surface area contributed by atoms with Gasteiger partial charge in [0.15, 0.2) is 0 Å². The highest BCUT2D eigenvalue weighted by atomic mass is 35.5. The Balaban J connectivity index is 1.67. The normalized spacial score (nSPS) is 14.5. The number of hydrogen-bond acceptors (Lipinski definition) is 4. The monoisotopic (exact) mass is 621 g/mol. The van der Waals surface area contributed by atoms with Crippen LogP contribution in [0.5, 0.6) is 0 Å². The van der Waals surface area contributed by atoms with Crippen LogP contribution in [0, 0.1) is 0 Å². The molecule has 212 valence electrons. The third-order valence-electron chi connectivity index (χ3n) is 6.93. The Hall–Kier alpha value is -2.78. The molecule has 2 amide bonds. The van der Waals surface area contributed by atoms with E-state index in [0.717, 1.165) is 30.0 Å². The van der Waals surface area contributed by atoms with Gasteiger partial charge in [0.05, 0.1) is 20.6 Å². The topological polar surface area (TPSA) is 86.8 Å². The molecule has 7 nitrogen and oxygen atoms in total. The van der Waals surface area contributed by atoms with Gasteiger partial charge in [-0.1, -0.05) is 71.9 Å². The molecular formula is C29H30Cl3N3O4S. The number of amides is 2. The largest absolute Gasteiger partial charge is 0.352 e. The number of nitrogens with zero attached hydrogens (tertiary/aromatic N) is 2. The van der Waals surface area contributed by atoms with Crippen LogP contribution in [0.25, 0.3) is 0 Å². The van der Waals surface area contributed by atoms with Gasteiger partial charge in [-0.25, -0.2) is 8.42 Å². The van der Waals surface area contributed by atoms with Crippen molar-refractivity contribution in [2.24, 2.45) is 0 Å². The quantitative estimate of drug-likeness (QED) is 0.287. The third kappa shape index (κ3) is 7.29. The van der Waals surface area contributed by atoms with Crippen molar-refractivity contribution >= 4 is 62.3 Å². The molecule has 3 aromatic rings. The van der Waals surface area contributed by atoms with Crippen LogP contribution in [0.2, 0.25) is 15.1 Å². The molecule has 0 saturated heterocycles. The van der Waals surface area contributed by atoms with Crippen LogP contribution in [0.1, 0.15) is 38.2 Å². The maximum atomic E-state index is 14.0. The molecule has 40 heavy (non-hydrogen) atoms. The van der Waals surface area contributed by atoms with Gasteiger partial charge in [0.1, 0.15) is 12.6 Å². The lowest BCUT2D eigenvalue weighted by molar-refractivity contribution is -0.139. The van der Waals surface area contributed by atoms with E-state index in [1.165, 1.54) is 29.2 Å². The van der Waals surface area contributed by atoms with Gasteiger partial charge in [-0.3, -0.25) is 13.9 Å². The molecule has 0 radical (unpaired) electrons. The zero-order valence-electron chi connectivity index (χ0n) is 21.9. The van der Waals surface area contributed by atoms with Crippen molar-refractivity contribution in [2.45, 2.75) is 56.1 Å². The molecule has 0 spiro atoms. The Morgan fingerprint density at radius 1 is 0.925 bits per heavy atom. The predicted octanol–water partition coefficient (Wildman–Crippen LogP) is 6.32. The number of sulfonamides is 1. The van der Waals surface area contributed by atoms with E-state index in [1.807, 2.05) is 0 Å². The van der Waals surface area contributed by atoms with E-state index in [4.69, 9.17) is 34.8 Å². The SMILES string of the molecule is CC(C(=O)NC1CCCC1)N(Cc1ccc(Cl)c(Cl)c1)C(=O)CN(c1ccccc1)S(=O)(=O)c1ccc(Cl)cc1. The zero-order valence-corrected chi connectivity index (χ0v) is 25.0. The molecule has 0 aromatic heterocycles. The highest BCUT2D eigenvalue weighted by Crippen LogP contribution is 2.27. The minimum absolute atomic E-state index is 0.0170. The van der Waals surface area contributed by atoms with E-state index < -0.39 is 28.5 Å². The van der Waals surface area contributed by atoms with Gasteiger partial charge in [0, 0.05) is 17.6 Å². The first-order chi connectivity index (χ1) is 19.1. The smallest absolute Gasteiger partial charge is 0.264 e. The number of carbonyl (C=O) groups excluding carboxylic acids is 2. The summed E-state index contributed by atoms with van der Waals surface area (Å²) in [6, 6.07) is 18.2. The van der Waals surface area contributed by atoms with Crippen LogP contribution in [0.15, 0.2) is 77.7 Å². The van der Waals surface area contributed by atoms with Crippen molar-refractivity contribution < 1.29 is 18.0 Å². The summed E-state index contributed by atoms with van der Waals surface area (Å²) < 4.78 is 28.6. The van der Waals surface area contributed by atoms with Crippen LogP contribution in [-0.4, -0.2) is 43.8 Å². The first-order valence-corrected chi connectivity index (χ1v) is 15.5. The minimum Gasteiger partial charge on any atom is -0.352 e. The van der Waals surface area contributed by atoms with Gasteiger partial charge in [-0.05, 0) is 73.9 Å². The van der Waals surface area contributed by atoms with Crippen LogP contribution < -0.4 is 9.62 Å². The van der Waals surface area contributed by atoms with E-state index in [-0.39, 0.29) is 23.4 Å². The number of anilines is 1. The molecule has 0 aliphatic heterocycles. The maximum Gasteiger partial charge on any atom is 0.264 e. The van der Waals surface area contributed by atoms with Crippen molar-refractivity contribution in [3.05, 3.63) is 93.4 Å². The molecule has 1 aliphatic carbocycles. The van der Waals surface area contributed by atoms with Crippen molar-refractivity contribution in [1.29, 1.82) is 0 Å². The van der Waals surface area contributed by atoms with E-state index in [9.17, 15) is 18.0 Å². The van der Waals surface area contributed by atoms with Crippen molar-refractivity contribution in [3.63, 3.8) is 0 Å². The molecule has 1 fully saturated rings. The van der Waals surface area contributed by atoms with Crippen LogP contribution in [0.4, 0.5) is 5.69 Å². The number of rotatable bonds is 10. The summed E-state index contributed by atoms with van der Waals surface area (Å²) in [5, 5.41) is 4.10. The molecular weight excluding hydrogens is 593 g/mol. The molecule has 1 unspecified atom stereocenters. The zero-order chi connectivity index (χ0) is 28.9. The summed E-state index contributed by atoms with van der Waals surface area (Å²) >= 11 is 18.3.